The van der Waals surface area contributed by atoms with Crippen LogP contribution in [0.15, 0.2) is 12.1 Å². The zero-order valence-corrected chi connectivity index (χ0v) is 35.7. The highest BCUT2D eigenvalue weighted by molar-refractivity contribution is 7.23. The van der Waals surface area contributed by atoms with Crippen molar-refractivity contribution >= 4 is 93.7 Å². The molecule has 8 rings (SSSR count). The Labute approximate surface area is 350 Å². The number of hydrogen-bond acceptors (Lipinski definition) is 13. The van der Waals surface area contributed by atoms with Crippen LogP contribution in [-0.4, -0.2) is 61.4 Å². The van der Waals surface area contributed by atoms with Crippen molar-refractivity contribution in [3.8, 4) is 21.1 Å². The molecule has 0 spiro atoms. The van der Waals surface area contributed by atoms with Gasteiger partial charge in [0, 0.05) is 59.2 Å². The number of nitrogens with zero attached hydrogens (tertiary/aromatic N) is 5. The summed E-state index contributed by atoms with van der Waals surface area (Å²) in [6.45, 7) is 19.5. The number of rotatable bonds is 4. The molecule has 2 aliphatic heterocycles. The van der Waals surface area contributed by atoms with E-state index in [2.05, 4.69) is 32.0 Å². The number of nitrogens with one attached hydrogen (secondary N) is 3. The van der Waals surface area contributed by atoms with Gasteiger partial charge >= 0.3 is 6.09 Å². The molecular formula is C41H52N8O4S4. The third-order valence-electron chi connectivity index (χ3n) is 9.00. The number of aromatic nitrogens is 4. The van der Waals surface area contributed by atoms with E-state index in [4.69, 9.17) is 14.7 Å². The predicted octanol–water partition coefficient (Wildman–Crippen LogP) is 10.2. The van der Waals surface area contributed by atoms with Gasteiger partial charge < -0.3 is 25.6 Å². The van der Waals surface area contributed by atoms with Crippen LogP contribution < -0.4 is 16.0 Å². The van der Waals surface area contributed by atoms with E-state index in [0.29, 0.717) is 19.5 Å². The maximum Gasteiger partial charge on any atom is 0.410 e. The molecule has 3 amide bonds. The summed E-state index contributed by atoms with van der Waals surface area (Å²) in [5.74, 6) is -0.170. The van der Waals surface area contributed by atoms with Crippen molar-refractivity contribution in [2.24, 2.45) is 0 Å². The topological polar surface area (TPSA) is 151 Å². The molecule has 0 saturated heterocycles. The summed E-state index contributed by atoms with van der Waals surface area (Å²) in [5.41, 5.74) is 9.69. The second kappa shape index (κ2) is 17.2. The van der Waals surface area contributed by atoms with E-state index in [-0.39, 0.29) is 32.8 Å². The normalized spacial score (nSPS) is 13.5. The van der Waals surface area contributed by atoms with Crippen molar-refractivity contribution in [2.45, 2.75) is 109 Å². The van der Waals surface area contributed by atoms with E-state index in [1.807, 2.05) is 54.5 Å². The second-order valence-corrected chi connectivity index (χ2v) is 19.1. The van der Waals surface area contributed by atoms with Crippen molar-refractivity contribution in [3.05, 3.63) is 55.8 Å². The monoisotopic (exact) mass is 848 g/mol. The Morgan fingerprint density at radius 1 is 0.737 bits per heavy atom. The van der Waals surface area contributed by atoms with Crippen molar-refractivity contribution in [1.29, 1.82) is 0 Å². The number of aryl methyl sites for hydroxylation is 4. The van der Waals surface area contributed by atoms with E-state index < -0.39 is 5.60 Å². The van der Waals surface area contributed by atoms with E-state index in [1.54, 1.807) is 45.8 Å². The molecule has 0 unspecified atom stereocenters. The van der Waals surface area contributed by atoms with Gasteiger partial charge in [-0.3, -0.25) is 19.6 Å². The van der Waals surface area contributed by atoms with Gasteiger partial charge in [0.05, 0.1) is 27.3 Å². The van der Waals surface area contributed by atoms with E-state index in [0.717, 1.165) is 104 Å². The summed E-state index contributed by atoms with van der Waals surface area (Å²) < 4.78 is 7.78. The minimum absolute atomic E-state index is 0. The largest absolute Gasteiger partial charge is 0.444 e. The molecule has 8 heterocycles. The Balaban J connectivity index is 0.000000216. The maximum atomic E-state index is 12.6. The fraction of sp³-hybridized carbons (Fsp3) is 0.439. The Hall–Kier alpha value is -4.35. The number of fused-ring (bicyclic) bond motifs is 4. The number of thiophene rings is 2. The summed E-state index contributed by atoms with van der Waals surface area (Å²) >= 11 is 6.46. The van der Waals surface area contributed by atoms with Crippen LogP contribution in [0.1, 0.15) is 93.1 Å². The van der Waals surface area contributed by atoms with Crippen LogP contribution in [-0.2, 0) is 40.3 Å². The summed E-state index contributed by atoms with van der Waals surface area (Å²) in [7, 11) is 0. The zero-order valence-electron chi connectivity index (χ0n) is 32.4. The summed E-state index contributed by atoms with van der Waals surface area (Å²) in [6.07, 6.45) is 1.34. The number of thiazole rings is 2. The summed E-state index contributed by atoms with van der Waals surface area (Å²) in [6, 6.07) is 4.13. The highest BCUT2D eigenvalue weighted by atomic mass is 32.1. The van der Waals surface area contributed by atoms with Gasteiger partial charge in [-0.15, -0.1) is 45.3 Å². The van der Waals surface area contributed by atoms with Crippen LogP contribution in [0.5, 0.6) is 0 Å². The van der Waals surface area contributed by atoms with Crippen LogP contribution in [0, 0.1) is 27.7 Å². The minimum atomic E-state index is -0.537. The lowest BCUT2D eigenvalue weighted by atomic mass is 10.0. The van der Waals surface area contributed by atoms with Gasteiger partial charge in [-0.1, -0.05) is 14.9 Å². The quantitative estimate of drug-likeness (QED) is 0.157. The minimum Gasteiger partial charge on any atom is -0.444 e. The highest BCUT2D eigenvalue weighted by Gasteiger charge is 2.32. The average molecular weight is 849 g/mol. The van der Waals surface area contributed by atoms with Crippen LogP contribution in [0.25, 0.3) is 41.6 Å². The lowest BCUT2D eigenvalue weighted by Gasteiger charge is -2.30. The Morgan fingerprint density at radius 3 is 1.72 bits per heavy atom. The molecule has 6 aromatic rings. The van der Waals surface area contributed by atoms with Crippen LogP contribution in [0.4, 0.5) is 14.8 Å². The van der Waals surface area contributed by atoms with Gasteiger partial charge in [-0.2, -0.15) is 0 Å². The number of carbonyl (C=O) groups is 3. The fourth-order valence-electron chi connectivity index (χ4n) is 6.84. The Morgan fingerprint density at radius 2 is 1.23 bits per heavy atom. The van der Waals surface area contributed by atoms with Gasteiger partial charge in [-0.25, -0.2) is 14.8 Å². The third-order valence-corrected chi connectivity index (χ3v) is 13.3. The molecule has 0 aliphatic carbocycles. The number of amides is 3. The molecule has 12 nitrogen and oxygen atoms in total. The zero-order chi connectivity index (χ0) is 39.3. The van der Waals surface area contributed by atoms with Crippen molar-refractivity contribution < 1.29 is 19.1 Å². The van der Waals surface area contributed by atoms with Crippen LogP contribution in [0.3, 0.4) is 0 Å². The Bertz CT molecular complexity index is 2490. The van der Waals surface area contributed by atoms with Crippen molar-refractivity contribution in [1.82, 2.24) is 30.2 Å². The Kier molecular flexibility index (Phi) is 13.2. The molecule has 304 valence electrons. The first-order valence-electron chi connectivity index (χ1n) is 18.1. The molecule has 2 aliphatic rings. The van der Waals surface area contributed by atoms with Gasteiger partial charge in [-0.05, 0) is 91.1 Å². The van der Waals surface area contributed by atoms with Crippen molar-refractivity contribution in [3.63, 3.8) is 0 Å². The molecule has 0 radical (unpaired) electrons. The standard InChI is InChI=1S/C22H26N4O3S2.C17H18N4OS2.2CH4/c1-11-9-15-18(12(2)23-11)25-20(30-15)17-14-7-8-26(21(28)29-22(4,5)6)10-16(14)31-19(17)24-13(3)27;1-8-6-12-15(9(2)19-8)21-17(23-12)14-11-4-5-18-7-13(11)24-16(14)20-10(3)22;;/h9H,7-8,10H2,1-6H3,(H,24,27);6,18H,4-5,7H2,1-3H3,(H,20,22);2*1H4. The molecule has 0 atom stereocenters. The first-order chi connectivity index (χ1) is 26.0. The molecule has 0 bridgehead atoms. The molecule has 16 heteroatoms. The molecule has 0 aromatic carbocycles. The fourth-order valence-corrected chi connectivity index (χ4v) is 11.9. The van der Waals surface area contributed by atoms with Gasteiger partial charge in [0.2, 0.25) is 11.8 Å². The number of pyridine rings is 2. The van der Waals surface area contributed by atoms with E-state index in [9.17, 15) is 14.4 Å². The van der Waals surface area contributed by atoms with Gasteiger partial charge in [0.25, 0.3) is 0 Å². The smallest absolute Gasteiger partial charge is 0.410 e. The lowest BCUT2D eigenvalue weighted by molar-refractivity contribution is -0.115. The second-order valence-electron chi connectivity index (χ2n) is 14.8. The number of ether oxygens (including phenoxy) is 1. The van der Waals surface area contributed by atoms with Gasteiger partial charge in [0.15, 0.2) is 0 Å². The van der Waals surface area contributed by atoms with Crippen LogP contribution >= 0.6 is 45.3 Å². The first kappa shape index (κ1) is 43.8. The SMILES string of the molecule is C.C.CC(=O)Nc1sc2c(c1-c1nc3c(C)nc(C)cc3s1)CCN(C(=O)OC(C)(C)C)C2.CC(=O)Nc1sc2c(c1-c1nc3c(C)nc(C)cc3s1)CCNC2. The molecule has 0 fully saturated rings. The summed E-state index contributed by atoms with van der Waals surface area (Å²) in [4.78, 5) is 59.0. The first-order valence-corrected chi connectivity index (χ1v) is 21.3. The van der Waals surface area contributed by atoms with Gasteiger partial charge in [0.1, 0.15) is 36.7 Å². The number of anilines is 2. The molecule has 6 aromatic heterocycles. The number of carbonyl (C=O) groups excluding carboxylic acids is 3. The van der Waals surface area contributed by atoms with Crippen LogP contribution in [0.2, 0.25) is 0 Å². The molecular weight excluding hydrogens is 797 g/mol. The van der Waals surface area contributed by atoms with Crippen molar-refractivity contribution in [2.75, 3.05) is 23.7 Å². The maximum absolute atomic E-state index is 12.6. The van der Waals surface area contributed by atoms with E-state index >= 15 is 0 Å². The highest BCUT2D eigenvalue weighted by Crippen LogP contribution is 2.47. The molecule has 57 heavy (non-hydrogen) atoms. The summed E-state index contributed by atoms with van der Waals surface area (Å²) in [5, 5.41) is 12.9. The lowest BCUT2D eigenvalue weighted by Crippen LogP contribution is -2.39. The number of hydrogen-bond donors (Lipinski definition) is 3. The average Bonchev–Trinajstić information content (AvgIpc) is 3.85. The predicted molar refractivity (Wildman–Crippen MR) is 238 cm³/mol. The molecule has 0 saturated carbocycles. The van der Waals surface area contributed by atoms with E-state index in [1.165, 1.54) is 28.7 Å². The third kappa shape index (κ3) is 9.36. The molecule has 3 N–H and O–H groups in total.